The molecule has 0 spiro atoms. The number of hydrogen-bond donors (Lipinski definition) is 1. The number of rotatable bonds is 3. The summed E-state index contributed by atoms with van der Waals surface area (Å²) in [4.78, 5) is 0.306. The smallest absolute Gasteiger partial charge is 0.211 e. The molecule has 0 unspecified atom stereocenters. The molecule has 0 heterocycles. The molecular formula is C9H12BrNO2S. The Morgan fingerprint density at radius 2 is 2.07 bits per heavy atom. The molecule has 0 aliphatic carbocycles. The Balaban J connectivity index is 3.15. The van der Waals surface area contributed by atoms with Gasteiger partial charge in [-0.1, -0.05) is 22.9 Å². The van der Waals surface area contributed by atoms with Crippen molar-refractivity contribution in [3.8, 4) is 0 Å². The lowest BCUT2D eigenvalue weighted by molar-refractivity contribution is 0.584. The van der Waals surface area contributed by atoms with E-state index in [1.54, 1.807) is 25.1 Å². The van der Waals surface area contributed by atoms with E-state index in [0.717, 1.165) is 10.0 Å². The first-order valence-electron chi connectivity index (χ1n) is 4.23. The van der Waals surface area contributed by atoms with Gasteiger partial charge in [0.05, 0.1) is 4.90 Å². The van der Waals surface area contributed by atoms with Crippen molar-refractivity contribution in [3.63, 3.8) is 0 Å². The number of nitrogens with one attached hydrogen (secondary N) is 1. The molecule has 5 heteroatoms. The SMILES string of the molecule is CCNS(=O)(=O)c1ccc(Br)c(C)c1. The Hall–Kier alpha value is -0.390. The fourth-order valence-electron chi connectivity index (χ4n) is 1.06. The van der Waals surface area contributed by atoms with Crippen LogP contribution in [0.3, 0.4) is 0 Å². The van der Waals surface area contributed by atoms with Gasteiger partial charge in [0.1, 0.15) is 0 Å². The lowest BCUT2D eigenvalue weighted by Gasteiger charge is -2.05. The largest absolute Gasteiger partial charge is 0.240 e. The molecule has 0 saturated heterocycles. The Morgan fingerprint density at radius 3 is 2.57 bits per heavy atom. The predicted molar refractivity (Wildman–Crippen MR) is 59.7 cm³/mol. The standard InChI is InChI=1S/C9H12BrNO2S/c1-3-11-14(12,13)8-4-5-9(10)7(2)6-8/h4-6,11H,3H2,1-2H3. The van der Waals surface area contributed by atoms with Gasteiger partial charge < -0.3 is 0 Å². The van der Waals surface area contributed by atoms with Gasteiger partial charge in [0, 0.05) is 11.0 Å². The highest BCUT2D eigenvalue weighted by molar-refractivity contribution is 9.10. The van der Waals surface area contributed by atoms with E-state index in [1.807, 2.05) is 6.92 Å². The summed E-state index contributed by atoms with van der Waals surface area (Å²) < 4.78 is 26.5. The molecule has 1 aromatic carbocycles. The Bertz CT molecular complexity index is 428. The van der Waals surface area contributed by atoms with Crippen molar-refractivity contribution < 1.29 is 8.42 Å². The highest BCUT2D eigenvalue weighted by atomic mass is 79.9. The summed E-state index contributed by atoms with van der Waals surface area (Å²) in [5, 5.41) is 0. The van der Waals surface area contributed by atoms with Crippen LogP contribution in [0.25, 0.3) is 0 Å². The van der Waals surface area contributed by atoms with Gasteiger partial charge in [-0.05, 0) is 30.7 Å². The lowest BCUT2D eigenvalue weighted by Crippen LogP contribution is -2.23. The van der Waals surface area contributed by atoms with Crippen molar-refractivity contribution in [2.24, 2.45) is 0 Å². The summed E-state index contributed by atoms with van der Waals surface area (Å²) in [5.41, 5.74) is 0.906. The second-order valence-corrected chi connectivity index (χ2v) is 5.53. The Labute approximate surface area is 92.7 Å². The number of benzene rings is 1. The van der Waals surface area contributed by atoms with Crippen LogP contribution >= 0.6 is 15.9 Å². The van der Waals surface area contributed by atoms with Gasteiger partial charge in [0.15, 0.2) is 0 Å². The molecule has 1 aromatic rings. The first-order valence-corrected chi connectivity index (χ1v) is 6.51. The van der Waals surface area contributed by atoms with Crippen molar-refractivity contribution in [2.75, 3.05) is 6.54 Å². The summed E-state index contributed by atoms with van der Waals surface area (Å²) in [5.74, 6) is 0. The zero-order chi connectivity index (χ0) is 10.8. The average Bonchev–Trinajstić information content (AvgIpc) is 2.09. The van der Waals surface area contributed by atoms with Crippen LogP contribution < -0.4 is 4.72 Å². The lowest BCUT2D eigenvalue weighted by atomic mass is 10.2. The summed E-state index contributed by atoms with van der Waals surface area (Å²) >= 11 is 3.32. The zero-order valence-electron chi connectivity index (χ0n) is 8.04. The number of hydrogen-bond acceptors (Lipinski definition) is 2. The predicted octanol–water partition coefficient (Wildman–Crippen LogP) is 2.06. The summed E-state index contributed by atoms with van der Waals surface area (Å²) in [7, 11) is -3.32. The molecule has 0 atom stereocenters. The van der Waals surface area contributed by atoms with Crippen LogP contribution in [0, 0.1) is 6.92 Å². The molecule has 14 heavy (non-hydrogen) atoms. The average molecular weight is 278 g/mol. The highest BCUT2D eigenvalue weighted by Crippen LogP contribution is 2.19. The third-order valence-corrected chi connectivity index (χ3v) is 4.21. The fourth-order valence-corrected chi connectivity index (χ4v) is 2.43. The molecule has 0 amide bonds. The molecule has 0 radical (unpaired) electrons. The van der Waals surface area contributed by atoms with Crippen molar-refractivity contribution in [2.45, 2.75) is 18.7 Å². The van der Waals surface area contributed by atoms with Crippen LogP contribution in [0.4, 0.5) is 0 Å². The van der Waals surface area contributed by atoms with E-state index in [4.69, 9.17) is 0 Å². The molecule has 1 rings (SSSR count). The van der Waals surface area contributed by atoms with Gasteiger partial charge in [0.25, 0.3) is 0 Å². The molecule has 0 bridgehead atoms. The minimum atomic E-state index is -3.32. The van der Waals surface area contributed by atoms with Crippen molar-refractivity contribution in [1.29, 1.82) is 0 Å². The van der Waals surface area contributed by atoms with Gasteiger partial charge in [-0.3, -0.25) is 0 Å². The van der Waals surface area contributed by atoms with E-state index in [1.165, 1.54) is 0 Å². The normalized spacial score (nSPS) is 11.6. The van der Waals surface area contributed by atoms with Crippen LogP contribution in [0.15, 0.2) is 27.6 Å². The molecule has 0 saturated carbocycles. The van der Waals surface area contributed by atoms with Crippen LogP contribution in [-0.4, -0.2) is 15.0 Å². The van der Waals surface area contributed by atoms with Gasteiger partial charge in [-0.25, -0.2) is 13.1 Å². The second kappa shape index (κ2) is 4.42. The van der Waals surface area contributed by atoms with Crippen molar-refractivity contribution in [3.05, 3.63) is 28.2 Å². The minimum Gasteiger partial charge on any atom is -0.211 e. The molecule has 0 aliphatic heterocycles. The maximum atomic E-state index is 11.6. The van der Waals surface area contributed by atoms with E-state index < -0.39 is 10.0 Å². The molecule has 78 valence electrons. The topological polar surface area (TPSA) is 46.2 Å². The number of sulfonamides is 1. The van der Waals surface area contributed by atoms with Gasteiger partial charge in [-0.15, -0.1) is 0 Å². The van der Waals surface area contributed by atoms with Crippen LogP contribution in [-0.2, 0) is 10.0 Å². The number of aryl methyl sites for hydroxylation is 1. The summed E-state index contributed by atoms with van der Waals surface area (Å²) in [6.07, 6.45) is 0. The van der Waals surface area contributed by atoms with E-state index in [2.05, 4.69) is 20.7 Å². The molecule has 3 nitrogen and oxygen atoms in total. The monoisotopic (exact) mass is 277 g/mol. The second-order valence-electron chi connectivity index (χ2n) is 2.91. The van der Waals surface area contributed by atoms with E-state index in [-0.39, 0.29) is 0 Å². The molecule has 1 N–H and O–H groups in total. The quantitative estimate of drug-likeness (QED) is 0.919. The number of halogens is 1. The summed E-state index contributed by atoms with van der Waals surface area (Å²) in [6, 6.07) is 4.96. The van der Waals surface area contributed by atoms with Crippen molar-refractivity contribution >= 4 is 26.0 Å². The Morgan fingerprint density at radius 1 is 1.43 bits per heavy atom. The first kappa shape index (κ1) is 11.7. The molecule has 0 aromatic heterocycles. The van der Waals surface area contributed by atoms with Gasteiger partial charge in [0.2, 0.25) is 10.0 Å². The van der Waals surface area contributed by atoms with Gasteiger partial charge >= 0.3 is 0 Å². The van der Waals surface area contributed by atoms with E-state index in [0.29, 0.717) is 11.4 Å². The van der Waals surface area contributed by atoms with Crippen LogP contribution in [0.1, 0.15) is 12.5 Å². The first-order chi connectivity index (χ1) is 6.47. The third kappa shape index (κ3) is 2.56. The molecule has 0 aliphatic rings. The molecule has 0 fully saturated rings. The Kier molecular flexibility index (Phi) is 3.69. The minimum absolute atomic E-state index is 0.306. The van der Waals surface area contributed by atoms with Crippen LogP contribution in [0.2, 0.25) is 0 Å². The maximum absolute atomic E-state index is 11.6. The van der Waals surface area contributed by atoms with Gasteiger partial charge in [-0.2, -0.15) is 0 Å². The highest BCUT2D eigenvalue weighted by Gasteiger charge is 2.12. The maximum Gasteiger partial charge on any atom is 0.240 e. The fraction of sp³-hybridized carbons (Fsp3) is 0.333. The summed E-state index contributed by atoms with van der Waals surface area (Å²) in [6.45, 7) is 4.01. The van der Waals surface area contributed by atoms with Crippen molar-refractivity contribution in [1.82, 2.24) is 4.72 Å². The van der Waals surface area contributed by atoms with Crippen LogP contribution in [0.5, 0.6) is 0 Å². The zero-order valence-corrected chi connectivity index (χ0v) is 10.4. The van der Waals surface area contributed by atoms with E-state index >= 15 is 0 Å². The van der Waals surface area contributed by atoms with E-state index in [9.17, 15) is 8.42 Å². The molecular weight excluding hydrogens is 266 g/mol. The third-order valence-electron chi connectivity index (χ3n) is 1.77.